The molecule has 0 aliphatic carbocycles. The lowest BCUT2D eigenvalue weighted by atomic mass is 10.1. The highest BCUT2D eigenvalue weighted by Gasteiger charge is 2.16. The van der Waals surface area contributed by atoms with Gasteiger partial charge in [0.25, 0.3) is 0 Å². The van der Waals surface area contributed by atoms with E-state index >= 15 is 0 Å². The van der Waals surface area contributed by atoms with Gasteiger partial charge in [-0.3, -0.25) is 9.59 Å². The third-order valence-corrected chi connectivity index (χ3v) is 2.86. The number of aliphatic carboxylic acids is 1. The molecule has 0 radical (unpaired) electrons. The molecular weight excluding hydrogens is 328 g/mol. The minimum Gasteiger partial charge on any atom is -0.503 e. The smallest absolute Gasteiger partial charge is 0.347 e. The number of nitrogens with one attached hydrogen (secondary N) is 1. The van der Waals surface area contributed by atoms with E-state index in [2.05, 4.69) is 9.73 Å². The molecule has 0 atom stereocenters. The van der Waals surface area contributed by atoms with Crippen molar-refractivity contribution in [2.45, 2.75) is 12.8 Å². The quantitative estimate of drug-likeness (QED) is 0.429. The lowest BCUT2D eigenvalue weighted by molar-refractivity contribution is -0.137. The molecule has 3 N–H and O–H groups in total. The molecule has 130 valence electrons. The van der Waals surface area contributed by atoms with Crippen LogP contribution in [0.15, 0.2) is 21.3 Å². The standard InChI is InChI=1S/C10H4F2O4.C5H11NO2/c11-6-2-4-1-5(3-13)10(15)16-9(4)7(12)8(6)14;1-6-4-2-3-5(7)8/h1-3,14H;6H,2-4H2,1H3,(H,7,8). The number of phenols is 1. The van der Waals surface area contributed by atoms with Gasteiger partial charge in [0.05, 0.1) is 0 Å². The van der Waals surface area contributed by atoms with Crippen LogP contribution in [0.3, 0.4) is 0 Å². The van der Waals surface area contributed by atoms with E-state index in [-0.39, 0.29) is 23.7 Å². The second kappa shape index (κ2) is 8.73. The average Bonchev–Trinajstić information content (AvgIpc) is 2.54. The molecule has 0 aliphatic heterocycles. The Labute approximate surface area is 134 Å². The van der Waals surface area contributed by atoms with Crippen LogP contribution in [-0.2, 0) is 4.79 Å². The van der Waals surface area contributed by atoms with Gasteiger partial charge >= 0.3 is 11.6 Å². The monoisotopic (exact) mass is 343 g/mol. The lowest BCUT2D eigenvalue weighted by Crippen LogP contribution is -2.09. The molecule has 0 saturated heterocycles. The summed E-state index contributed by atoms with van der Waals surface area (Å²) >= 11 is 0. The zero-order chi connectivity index (χ0) is 18.3. The molecule has 1 aromatic carbocycles. The van der Waals surface area contributed by atoms with Crippen LogP contribution in [0.25, 0.3) is 11.0 Å². The highest BCUT2D eigenvalue weighted by atomic mass is 19.1. The molecule has 2 rings (SSSR count). The molecule has 0 spiro atoms. The van der Waals surface area contributed by atoms with Crippen LogP contribution in [0, 0.1) is 11.6 Å². The zero-order valence-corrected chi connectivity index (χ0v) is 12.6. The highest BCUT2D eigenvalue weighted by Crippen LogP contribution is 2.27. The van der Waals surface area contributed by atoms with Gasteiger partial charge in [0, 0.05) is 11.8 Å². The molecule has 0 aliphatic rings. The predicted molar refractivity (Wildman–Crippen MR) is 80.2 cm³/mol. The topological polar surface area (TPSA) is 117 Å². The normalized spacial score (nSPS) is 10.1. The third-order valence-electron chi connectivity index (χ3n) is 2.86. The van der Waals surface area contributed by atoms with Crippen LogP contribution in [0.4, 0.5) is 8.78 Å². The Morgan fingerprint density at radius 3 is 2.58 bits per heavy atom. The Bertz CT molecular complexity index is 803. The molecule has 2 aromatic rings. The van der Waals surface area contributed by atoms with Gasteiger partial charge in [0.15, 0.2) is 23.4 Å². The number of rotatable bonds is 5. The number of phenolic OH excluding ortho intramolecular Hbond substituents is 1. The van der Waals surface area contributed by atoms with Crippen LogP contribution in [0.1, 0.15) is 23.2 Å². The first-order chi connectivity index (χ1) is 11.3. The maximum atomic E-state index is 13.3. The number of carbonyl (C=O) groups excluding carboxylic acids is 1. The number of fused-ring (bicyclic) bond motifs is 1. The lowest BCUT2D eigenvalue weighted by Gasteiger charge is -2.01. The number of benzene rings is 1. The fraction of sp³-hybridized carbons (Fsp3) is 0.267. The van der Waals surface area contributed by atoms with Gasteiger partial charge in [0.2, 0.25) is 5.82 Å². The summed E-state index contributed by atoms with van der Waals surface area (Å²) in [5, 5.41) is 19.8. The second-order valence-corrected chi connectivity index (χ2v) is 4.65. The summed E-state index contributed by atoms with van der Waals surface area (Å²) in [5.74, 6) is -4.52. The second-order valence-electron chi connectivity index (χ2n) is 4.65. The molecular formula is C15H15F2NO6. The van der Waals surface area contributed by atoms with E-state index in [0.717, 1.165) is 18.7 Å². The minimum absolute atomic E-state index is 0.116. The van der Waals surface area contributed by atoms with Crippen molar-refractivity contribution in [3.8, 4) is 5.75 Å². The summed E-state index contributed by atoms with van der Waals surface area (Å²) in [6.45, 7) is 0.784. The predicted octanol–water partition coefficient (Wildman–Crippen LogP) is 1.66. The van der Waals surface area contributed by atoms with E-state index in [1.807, 2.05) is 7.05 Å². The molecule has 0 amide bonds. The largest absolute Gasteiger partial charge is 0.503 e. The van der Waals surface area contributed by atoms with Gasteiger partial charge in [-0.05, 0) is 32.1 Å². The summed E-state index contributed by atoms with van der Waals surface area (Å²) < 4.78 is 30.7. The van der Waals surface area contributed by atoms with Crippen LogP contribution in [0.2, 0.25) is 0 Å². The van der Waals surface area contributed by atoms with E-state index in [9.17, 15) is 23.2 Å². The summed E-state index contributed by atoms with van der Waals surface area (Å²) in [6, 6.07) is 1.75. The summed E-state index contributed by atoms with van der Waals surface area (Å²) in [4.78, 5) is 31.3. The number of aldehydes is 1. The maximum absolute atomic E-state index is 13.3. The van der Waals surface area contributed by atoms with Crippen molar-refractivity contribution in [1.29, 1.82) is 0 Å². The Morgan fingerprint density at radius 1 is 1.38 bits per heavy atom. The Kier molecular flexibility index (Phi) is 6.99. The molecule has 24 heavy (non-hydrogen) atoms. The number of carboxylic acid groups (broad SMARTS) is 1. The molecule has 0 saturated carbocycles. The Morgan fingerprint density at radius 2 is 2.04 bits per heavy atom. The Hall–Kier alpha value is -2.81. The zero-order valence-electron chi connectivity index (χ0n) is 12.6. The molecule has 0 fully saturated rings. The molecule has 9 heteroatoms. The number of hydrogen-bond donors (Lipinski definition) is 3. The van der Waals surface area contributed by atoms with Gasteiger partial charge in [-0.2, -0.15) is 4.39 Å². The van der Waals surface area contributed by atoms with E-state index in [1.54, 1.807) is 0 Å². The van der Waals surface area contributed by atoms with Crippen molar-refractivity contribution in [2.24, 2.45) is 0 Å². The molecule has 1 aromatic heterocycles. The van der Waals surface area contributed by atoms with Gasteiger partial charge in [0.1, 0.15) is 5.56 Å². The number of hydrogen-bond acceptors (Lipinski definition) is 6. The first kappa shape index (κ1) is 19.2. The molecule has 0 bridgehead atoms. The first-order valence-corrected chi connectivity index (χ1v) is 6.78. The van der Waals surface area contributed by atoms with E-state index in [0.29, 0.717) is 6.42 Å². The van der Waals surface area contributed by atoms with E-state index in [4.69, 9.17) is 10.2 Å². The molecule has 0 unspecified atom stereocenters. The summed E-state index contributed by atoms with van der Waals surface area (Å²) in [6.07, 6.45) is 1.20. The van der Waals surface area contributed by atoms with E-state index in [1.165, 1.54) is 0 Å². The summed E-state index contributed by atoms with van der Waals surface area (Å²) in [7, 11) is 1.81. The van der Waals surface area contributed by atoms with Crippen molar-refractivity contribution in [3.63, 3.8) is 0 Å². The van der Waals surface area contributed by atoms with Crippen LogP contribution >= 0.6 is 0 Å². The molecule has 1 heterocycles. The number of carbonyl (C=O) groups is 2. The maximum Gasteiger partial charge on any atom is 0.347 e. The van der Waals surface area contributed by atoms with Crippen molar-refractivity contribution in [1.82, 2.24) is 5.32 Å². The van der Waals surface area contributed by atoms with Crippen LogP contribution in [0.5, 0.6) is 5.75 Å². The Balaban J connectivity index is 0.000000307. The number of carboxylic acids is 1. The highest BCUT2D eigenvalue weighted by molar-refractivity contribution is 5.85. The first-order valence-electron chi connectivity index (χ1n) is 6.78. The number of halogens is 2. The van der Waals surface area contributed by atoms with Crippen LogP contribution in [-0.4, -0.2) is 36.1 Å². The van der Waals surface area contributed by atoms with Gasteiger partial charge in [-0.1, -0.05) is 0 Å². The van der Waals surface area contributed by atoms with Gasteiger partial charge < -0.3 is 19.9 Å². The van der Waals surface area contributed by atoms with Crippen molar-refractivity contribution in [3.05, 3.63) is 39.8 Å². The SMILES string of the molecule is CNCCCC(=O)O.O=Cc1cc2cc(F)c(O)c(F)c2oc1=O. The molecule has 7 nitrogen and oxygen atoms in total. The van der Waals surface area contributed by atoms with E-state index < -0.39 is 34.6 Å². The fourth-order valence-corrected chi connectivity index (χ4v) is 1.70. The van der Waals surface area contributed by atoms with Crippen molar-refractivity contribution >= 4 is 23.2 Å². The van der Waals surface area contributed by atoms with Crippen molar-refractivity contribution < 1.29 is 33.0 Å². The van der Waals surface area contributed by atoms with Crippen molar-refractivity contribution in [2.75, 3.05) is 13.6 Å². The summed E-state index contributed by atoms with van der Waals surface area (Å²) in [5.41, 5.74) is -1.99. The van der Waals surface area contributed by atoms with Gasteiger partial charge in [-0.15, -0.1) is 0 Å². The fourth-order valence-electron chi connectivity index (χ4n) is 1.70. The minimum atomic E-state index is -1.37. The van der Waals surface area contributed by atoms with Gasteiger partial charge in [-0.25, -0.2) is 9.18 Å². The average molecular weight is 343 g/mol. The number of aromatic hydroxyl groups is 1. The van der Waals surface area contributed by atoms with Crippen LogP contribution < -0.4 is 10.9 Å². The third kappa shape index (κ3) is 4.85.